The lowest BCUT2D eigenvalue weighted by molar-refractivity contribution is 0.0979. The molecule has 16 heavy (non-hydrogen) atoms. The van der Waals surface area contributed by atoms with Crippen molar-refractivity contribution in [2.24, 2.45) is 0 Å². The summed E-state index contributed by atoms with van der Waals surface area (Å²) in [5.74, 6) is -0.161. The van der Waals surface area contributed by atoms with Gasteiger partial charge in [0.2, 0.25) is 0 Å². The minimum Gasteiger partial charge on any atom is -0.505 e. The summed E-state index contributed by atoms with van der Waals surface area (Å²) in [6.07, 6.45) is 3.46. The van der Waals surface area contributed by atoms with Crippen molar-refractivity contribution in [2.75, 3.05) is 0 Å². The molecular formula is C12H14Cl2O2. The summed E-state index contributed by atoms with van der Waals surface area (Å²) in [6, 6.07) is 2.91. The predicted octanol–water partition coefficient (Wildman–Crippen LogP) is 4.46. The van der Waals surface area contributed by atoms with E-state index in [4.69, 9.17) is 23.2 Å². The normalized spacial score (nSPS) is 10.4. The van der Waals surface area contributed by atoms with E-state index in [0.717, 1.165) is 19.3 Å². The molecule has 1 rings (SSSR count). The number of rotatable bonds is 5. The molecule has 0 amide bonds. The molecule has 0 aliphatic rings. The van der Waals surface area contributed by atoms with Crippen LogP contribution in [0.4, 0.5) is 0 Å². The summed E-state index contributed by atoms with van der Waals surface area (Å²) in [6.45, 7) is 2.08. The zero-order valence-corrected chi connectivity index (χ0v) is 10.6. The van der Waals surface area contributed by atoms with E-state index in [1.807, 2.05) is 0 Å². The Morgan fingerprint density at radius 1 is 1.25 bits per heavy atom. The second-order valence-electron chi connectivity index (χ2n) is 3.67. The highest BCUT2D eigenvalue weighted by molar-refractivity contribution is 6.37. The highest BCUT2D eigenvalue weighted by atomic mass is 35.5. The maximum Gasteiger partial charge on any atom is 0.162 e. The molecule has 0 aliphatic carbocycles. The van der Waals surface area contributed by atoms with Crippen molar-refractivity contribution in [2.45, 2.75) is 32.6 Å². The minimum atomic E-state index is -0.173. The Balaban J connectivity index is 2.76. The Hall–Kier alpha value is -0.730. The molecule has 0 aromatic heterocycles. The summed E-state index contributed by atoms with van der Waals surface area (Å²) in [5.41, 5.74) is 0.462. The Bertz CT molecular complexity index is 366. The van der Waals surface area contributed by atoms with E-state index in [1.54, 1.807) is 0 Å². The molecule has 2 nitrogen and oxygen atoms in total. The molecule has 88 valence electrons. The van der Waals surface area contributed by atoms with Crippen LogP contribution in [0.15, 0.2) is 12.1 Å². The van der Waals surface area contributed by atoms with Gasteiger partial charge in [0.25, 0.3) is 0 Å². The highest BCUT2D eigenvalue weighted by Crippen LogP contribution is 2.33. The number of hydrogen-bond acceptors (Lipinski definition) is 2. The van der Waals surface area contributed by atoms with E-state index < -0.39 is 0 Å². The Morgan fingerprint density at radius 2 is 1.81 bits per heavy atom. The van der Waals surface area contributed by atoms with Gasteiger partial charge in [0.15, 0.2) is 11.5 Å². The fraction of sp³-hybridized carbons (Fsp3) is 0.417. The molecule has 0 atom stereocenters. The van der Waals surface area contributed by atoms with Crippen molar-refractivity contribution in [3.8, 4) is 5.75 Å². The van der Waals surface area contributed by atoms with Crippen molar-refractivity contribution in [1.82, 2.24) is 0 Å². The number of Topliss-reactive ketones (excluding diaryl/α,β-unsaturated/α-hetero) is 1. The lowest BCUT2D eigenvalue weighted by Gasteiger charge is -2.04. The number of carbonyl (C=O) groups is 1. The van der Waals surface area contributed by atoms with Gasteiger partial charge in [-0.25, -0.2) is 0 Å². The first-order valence-corrected chi connectivity index (χ1v) is 6.03. The van der Waals surface area contributed by atoms with E-state index in [2.05, 4.69) is 6.92 Å². The fourth-order valence-corrected chi connectivity index (χ4v) is 1.89. The van der Waals surface area contributed by atoms with Crippen LogP contribution >= 0.6 is 23.2 Å². The van der Waals surface area contributed by atoms with Gasteiger partial charge in [0.1, 0.15) is 0 Å². The molecule has 1 aromatic rings. The third-order valence-corrected chi connectivity index (χ3v) is 2.92. The maximum atomic E-state index is 11.7. The molecule has 0 unspecified atom stereocenters. The largest absolute Gasteiger partial charge is 0.505 e. The standard InChI is InChI=1S/C12H14Cl2O2/c1-2-3-4-5-11(15)8-6-9(13)12(16)10(14)7-8/h6-7,16H,2-5H2,1H3. The van der Waals surface area contributed by atoms with Crippen molar-refractivity contribution in [3.63, 3.8) is 0 Å². The second kappa shape index (κ2) is 6.12. The zero-order chi connectivity index (χ0) is 12.1. The monoisotopic (exact) mass is 260 g/mol. The molecule has 4 heteroatoms. The number of hydrogen-bond donors (Lipinski definition) is 1. The molecular weight excluding hydrogens is 247 g/mol. The number of halogens is 2. The Morgan fingerprint density at radius 3 is 2.31 bits per heavy atom. The third kappa shape index (κ3) is 3.39. The van der Waals surface area contributed by atoms with Gasteiger partial charge in [-0.15, -0.1) is 0 Å². The molecule has 0 radical (unpaired) electrons. The summed E-state index contributed by atoms with van der Waals surface area (Å²) < 4.78 is 0. The Kier molecular flexibility index (Phi) is 5.10. The first kappa shape index (κ1) is 13.3. The molecule has 0 saturated heterocycles. The average molecular weight is 261 g/mol. The van der Waals surface area contributed by atoms with Gasteiger partial charge in [0.05, 0.1) is 10.0 Å². The van der Waals surface area contributed by atoms with Gasteiger partial charge >= 0.3 is 0 Å². The van der Waals surface area contributed by atoms with Crippen LogP contribution in [-0.2, 0) is 0 Å². The van der Waals surface area contributed by atoms with Crippen molar-refractivity contribution >= 4 is 29.0 Å². The van der Waals surface area contributed by atoms with E-state index in [0.29, 0.717) is 12.0 Å². The van der Waals surface area contributed by atoms with E-state index >= 15 is 0 Å². The molecule has 0 aliphatic heterocycles. The summed E-state index contributed by atoms with van der Waals surface area (Å²) in [5, 5.41) is 9.59. The second-order valence-corrected chi connectivity index (χ2v) is 4.48. The summed E-state index contributed by atoms with van der Waals surface area (Å²) >= 11 is 11.5. The fourth-order valence-electron chi connectivity index (χ4n) is 1.41. The predicted molar refractivity (Wildman–Crippen MR) is 66.6 cm³/mol. The summed E-state index contributed by atoms with van der Waals surface area (Å²) in [4.78, 5) is 11.7. The van der Waals surface area contributed by atoms with E-state index in [1.165, 1.54) is 12.1 Å². The molecule has 0 heterocycles. The highest BCUT2D eigenvalue weighted by Gasteiger charge is 2.11. The summed E-state index contributed by atoms with van der Waals surface area (Å²) in [7, 11) is 0. The van der Waals surface area contributed by atoms with Crippen LogP contribution in [0.1, 0.15) is 43.0 Å². The van der Waals surface area contributed by atoms with Gasteiger partial charge in [-0.3, -0.25) is 4.79 Å². The van der Waals surface area contributed by atoms with Crippen LogP contribution in [0.5, 0.6) is 5.75 Å². The topological polar surface area (TPSA) is 37.3 Å². The quantitative estimate of drug-likeness (QED) is 0.627. The van der Waals surface area contributed by atoms with Crippen molar-refractivity contribution < 1.29 is 9.90 Å². The van der Waals surface area contributed by atoms with Gasteiger partial charge in [-0.2, -0.15) is 0 Å². The lowest BCUT2D eigenvalue weighted by Crippen LogP contribution is -1.99. The van der Waals surface area contributed by atoms with Gasteiger partial charge < -0.3 is 5.11 Å². The molecule has 1 N–H and O–H groups in total. The van der Waals surface area contributed by atoms with Crippen LogP contribution in [-0.4, -0.2) is 10.9 Å². The zero-order valence-electron chi connectivity index (χ0n) is 9.09. The Labute approximate surface area is 105 Å². The average Bonchev–Trinajstić information content (AvgIpc) is 2.25. The van der Waals surface area contributed by atoms with Crippen LogP contribution in [0, 0.1) is 0 Å². The third-order valence-electron chi connectivity index (χ3n) is 2.35. The number of phenolic OH excluding ortho intramolecular Hbond substituents is 1. The van der Waals surface area contributed by atoms with E-state index in [-0.39, 0.29) is 21.6 Å². The van der Waals surface area contributed by atoms with Crippen LogP contribution in [0.3, 0.4) is 0 Å². The SMILES string of the molecule is CCCCCC(=O)c1cc(Cl)c(O)c(Cl)c1. The maximum absolute atomic E-state index is 11.7. The number of benzene rings is 1. The first-order valence-electron chi connectivity index (χ1n) is 5.27. The van der Waals surface area contributed by atoms with Crippen LogP contribution < -0.4 is 0 Å². The van der Waals surface area contributed by atoms with Gasteiger partial charge in [0, 0.05) is 12.0 Å². The van der Waals surface area contributed by atoms with Crippen LogP contribution in [0.25, 0.3) is 0 Å². The molecule has 0 bridgehead atoms. The minimum absolute atomic E-state index is 0.0113. The smallest absolute Gasteiger partial charge is 0.162 e. The number of phenols is 1. The lowest BCUT2D eigenvalue weighted by atomic mass is 10.0. The van der Waals surface area contributed by atoms with Crippen molar-refractivity contribution in [3.05, 3.63) is 27.7 Å². The number of ketones is 1. The number of carbonyl (C=O) groups excluding carboxylic acids is 1. The van der Waals surface area contributed by atoms with Gasteiger partial charge in [-0.05, 0) is 18.6 Å². The molecule has 0 spiro atoms. The van der Waals surface area contributed by atoms with Crippen molar-refractivity contribution in [1.29, 1.82) is 0 Å². The van der Waals surface area contributed by atoms with Crippen LogP contribution in [0.2, 0.25) is 10.0 Å². The first-order chi connectivity index (χ1) is 7.56. The molecule has 0 saturated carbocycles. The molecule has 0 fully saturated rings. The van der Waals surface area contributed by atoms with Gasteiger partial charge in [-0.1, -0.05) is 43.0 Å². The number of unbranched alkanes of at least 4 members (excludes halogenated alkanes) is 2. The molecule has 1 aromatic carbocycles. The number of aromatic hydroxyl groups is 1. The van der Waals surface area contributed by atoms with E-state index in [9.17, 15) is 9.90 Å².